The molecule has 21 heavy (non-hydrogen) atoms. The highest BCUT2D eigenvalue weighted by Gasteiger charge is 2.26. The van der Waals surface area contributed by atoms with Crippen LogP contribution in [0.25, 0.3) is 0 Å². The van der Waals surface area contributed by atoms with Crippen LogP contribution < -0.4 is 4.31 Å². The summed E-state index contributed by atoms with van der Waals surface area (Å²) >= 11 is 11.2. The largest absolute Gasteiger partial charge is 0.276 e. The van der Waals surface area contributed by atoms with Crippen LogP contribution in [0.3, 0.4) is 0 Å². The first kappa shape index (κ1) is 15.8. The highest BCUT2D eigenvalue weighted by Crippen LogP contribution is 2.26. The monoisotopic (exact) mass is 343 g/mol. The molecule has 0 bridgehead atoms. The van der Waals surface area contributed by atoms with Gasteiger partial charge in [0.05, 0.1) is 16.1 Å². The van der Waals surface area contributed by atoms with Gasteiger partial charge in [-0.2, -0.15) is 0 Å². The molecule has 0 fully saturated rings. The molecule has 0 atom stereocenters. The van der Waals surface area contributed by atoms with Gasteiger partial charge in [-0.3, -0.25) is 9.10 Å². The van der Waals surface area contributed by atoms with Gasteiger partial charge in [0, 0.05) is 12.1 Å². The quantitative estimate of drug-likeness (QED) is 0.797. The zero-order chi connectivity index (χ0) is 15.6. The minimum Gasteiger partial charge on any atom is -0.276 e. The Balaban J connectivity index is 2.52. The molecule has 2 rings (SSSR count). The molecule has 7 heteroatoms. The predicted octanol–water partition coefficient (Wildman–Crippen LogP) is 3.54. The summed E-state index contributed by atoms with van der Waals surface area (Å²) < 4.78 is 26.3. The van der Waals surface area contributed by atoms with Crippen molar-refractivity contribution in [3.63, 3.8) is 0 Å². The van der Waals surface area contributed by atoms with E-state index in [1.807, 2.05) is 0 Å². The predicted molar refractivity (Wildman–Crippen MR) is 83.7 cm³/mol. The molecule has 0 unspecified atom stereocenters. The van der Waals surface area contributed by atoms with Gasteiger partial charge >= 0.3 is 0 Å². The van der Waals surface area contributed by atoms with Gasteiger partial charge in [-0.05, 0) is 48.0 Å². The van der Waals surface area contributed by atoms with Gasteiger partial charge in [-0.15, -0.1) is 0 Å². The summed E-state index contributed by atoms with van der Waals surface area (Å²) in [5.41, 5.74) is 0.371. The summed E-state index contributed by atoms with van der Waals surface area (Å²) in [5.74, 6) is 0. The standard InChI is InChI=1S/C14H11Cl2NO3S/c1-17(11-8-6-10(15)7-9-11)21(19,20)13-5-3-2-4-12(13)14(16)18/h2-9H,1H3. The second-order valence-electron chi connectivity index (χ2n) is 4.22. The van der Waals surface area contributed by atoms with Crippen LogP contribution in [-0.2, 0) is 10.0 Å². The fraction of sp³-hybridized carbons (Fsp3) is 0.0714. The van der Waals surface area contributed by atoms with E-state index in [-0.39, 0.29) is 10.5 Å². The van der Waals surface area contributed by atoms with Gasteiger partial charge in [0.1, 0.15) is 0 Å². The van der Waals surface area contributed by atoms with Crippen molar-refractivity contribution in [2.24, 2.45) is 0 Å². The minimum absolute atomic E-state index is 0.0556. The third kappa shape index (κ3) is 3.20. The highest BCUT2D eigenvalue weighted by molar-refractivity contribution is 7.92. The molecule has 0 radical (unpaired) electrons. The van der Waals surface area contributed by atoms with E-state index in [4.69, 9.17) is 23.2 Å². The second kappa shape index (κ2) is 6.05. The Morgan fingerprint density at radius 2 is 1.62 bits per heavy atom. The molecular weight excluding hydrogens is 333 g/mol. The average Bonchev–Trinajstić information content (AvgIpc) is 2.47. The van der Waals surface area contributed by atoms with Crippen molar-refractivity contribution < 1.29 is 13.2 Å². The maximum absolute atomic E-state index is 12.6. The molecule has 0 aromatic heterocycles. The van der Waals surface area contributed by atoms with E-state index in [0.717, 1.165) is 4.31 Å². The van der Waals surface area contributed by atoms with Gasteiger partial charge < -0.3 is 0 Å². The van der Waals surface area contributed by atoms with E-state index in [2.05, 4.69) is 0 Å². The molecule has 110 valence electrons. The molecule has 2 aromatic carbocycles. The van der Waals surface area contributed by atoms with Gasteiger partial charge in [-0.25, -0.2) is 8.42 Å². The van der Waals surface area contributed by atoms with Crippen LogP contribution >= 0.6 is 23.2 Å². The van der Waals surface area contributed by atoms with Crippen molar-refractivity contribution in [2.75, 3.05) is 11.4 Å². The van der Waals surface area contributed by atoms with Gasteiger partial charge in [0.15, 0.2) is 0 Å². The van der Waals surface area contributed by atoms with E-state index in [1.54, 1.807) is 30.3 Å². The third-order valence-electron chi connectivity index (χ3n) is 2.93. The number of carbonyl (C=O) groups is 1. The number of benzene rings is 2. The van der Waals surface area contributed by atoms with Crippen molar-refractivity contribution in [2.45, 2.75) is 4.90 Å². The van der Waals surface area contributed by atoms with Gasteiger partial charge in [-0.1, -0.05) is 23.7 Å². The van der Waals surface area contributed by atoms with E-state index in [9.17, 15) is 13.2 Å². The molecule has 0 aliphatic carbocycles. The first-order valence-electron chi connectivity index (χ1n) is 5.87. The second-order valence-corrected chi connectivity index (χ2v) is 6.94. The maximum Gasteiger partial charge on any atom is 0.264 e. The average molecular weight is 344 g/mol. The summed E-state index contributed by atoms with van der Waals surface area (Å²) in [6.45, 7) is 0. The van der Waals surface area contributed by atoms with Gasteiger partial charge in [0.25, 0.3) is 15.3 Å². The fourth-order valence-electron chi connectivity index (χ4n) is 1.79. The van der Waals surface area contributed by atoms with Crippen LogP contribution in [0, 0.1) is 0 Å². The summed E-state index contributed by atoms with van der Waals surface area (Å²) in [4.78, 5) is 11.2. The highest BCUT2D eigenvalue weighted by atomic mass is 35.5. The van der Waals surface area contributed by atoms with Gasteiger partial charge in [0.2, 0.25) is 0 Å². The van der Waals surface area contributed by atoms with Crippen LogP contribution in [0.4, 0.5) is 5.69 Å². The molecule has 0 N–H and O–H groups in total. The summed E-state index contributed by atoms with van der Waals surface area (Å²) in [7, 11) is -2.50. The van der Waals surface area contributed by atoms with E-state index >= 15 is 0 Å². The Morgan fingerprint density at radius 1 is 1.05 bits per heavy atom. The van der Waals surface area contributed by atoms with Crippen LogP contribution in [0.1, 0.15) is 10.4 Å². The molecule has 2 aromatic rings. The first-order valence-corrected chi connectivity index (χ1v) is 8.07. The Bertz CT molecular complexity index is 773. The minimum atomic E-state index is -3.90. The number of rotatable bonds is 4. The fourth-order valence-corrected chi connectivity index (χ4v) is 3.52. The molecule has 0 spiro atoms. The Morgan fingerprint density at radius 3 is 2.19 bits per heavy atom. The van der Waals surface area contributed by atoms with Crippen LogP contribution in [0.5, 0.6) is 0 Å². The molecule has 4 nitrogen and oxygen atoms in total. The number of carbonyl (C=O) groups excluding carboxylic acids is 1. The summed E-state index contributed by atoms with van der Waals surface area (Å²) in [6, 6.07) is 12.1. The Kier molecular flexibility index (Phi) is 4.56. The van der Waals surface area contributed by atoms with Crippen LogP contribution in [0.2, 0.25) is 5.02 Å². The Hall–Kier alpha value is -1.56. The molecule has 0 saturated carbocycles. The normalized spacial score (nSPS) is 11.2. The molecule has 0 aliphatic heterocycles. The number of hydrogen-bond donors (Lipinski definition) is 0. The number of sulfonamides is 1. The molecular formula is C14H11Cl2NO3S. The summed E-state index contributed by atoms with van der Waals surface area (Å²) in [5, 5.41) is -0.320. The lowest BCUT2D eigenvalue weighted by molar-refractivity contribution is 0.107. The maximum atomic E-state index is 12.6. The zero-order valence-electron chi connectivity index (χ0n) is 11.0. The van der Waals surface area contributed by atoms with E-state index in [0.29, 0.717) is 10.7 Å². The molecule has 0 heterocycles. The number of halogens is 2. The van der Waals surface area contributed by atoms with E-state index < -0.39 is 15.3 Å². The number of nitrogens with zero attached hydrogens (tertiary/aromatic N) is 1. The van der Waals surface area contributed by atoms with Crippen molar-refractivity contribution in [1.82, 2.24) is 0 Å². The third-order valence-corrected chi connectivity index (χ3v) is 5.23. The smallest absolute Gasteiger partial charge is 0.264 e. The molecule has 0 saturated heterocycles. The zero-order valence-corrected chi connectivity index (χ0v) is 13.3. The number of hydrogen-bond acceptors (Lipinski definition) is 3. The molecule has 0 aliphatic rings. The Labute approximate surface area is 133 Å². The van der Waals surface area contributed by atoms with Crippen molar-refractivity contribution in [3.05, 3.63) is 59.1 Å². The lowest BCUT2D eigenvalue weighted by Gasteiger charge is -2.20. The lowest BCUT2D eigenvalue weighted by Crippen LogP contribution is -2.27. The SMILES string of the molecule is CN(c1ccc(Cl)cc1)S(=O)(=O)c1ccccc1C(=O)Cl. The lowest BCUT2D eigenvalue weighted by atomic mass is 10.2. The van der Waals surface area contributed by atoms with Crippen molar-refractivity contribution >= 4 is 44.2 Å². The summed E-state index contributed by atoms with van der Waals surface area (Å²) in [6.07, 6.45) is 0. The van der Waals surface area contributed by atoms with E-state index in [1.165, 1.54) is 25.2 Å². The van der Waals surface area contributed by atoms with Crippen LogP contribution in [-0.4, -0.2) is 20.7 Å². The van der Waals surface area contributed by atoms with Crippen LogP contribution in [0.15, 0.2) is 53.4 Å². The number of anilines is 1. The van der Waals surface area contributed by atoms with Crippen molar-refractivity contribution in [1.29, 1.82) is 0 Å². The van der Waals surface area contributed by atoms with Crippen molar-refractivity contribution in [3.8, 4) is 0 Å². The first-order chi connectivity index (χ1) is 9.84. The molecule has 0 amide bonds. The topological polar surface area (TPSA) is 54.5 Å².